The summed E-state index contributed by atoms with van der Waals surface area (Å²) in [6.07, 6.45) is 10.4. The van der Waals surface area contributed by atoms with Crippen molar-refractivity contribution in [2.24, 2.45) is 5.92 Å². The molecule has 1 fully saturated rings. The van der Waals surface area contributed by atoms with Gasteiger partial charge in [-0.2, -0.15) is 0 Å². The lowest BCUT2D eigenvalue weighted by Crippen LogP contribution is -2.36. The van der Waals surface area contributed by atoms with E-state index in [1.165, 1.54) is 32.1 Å². The van der Waals surface area contributed by atoms with Crippen LogP contribution in [0.15, 0.2) is 12.2 Å². The first-order chi connectivity index (χ1) is 8.95. The Morgan fingerprint density at radius 2 is 1.68 bits per heavy atom. The van der Waals surface area contributed by atoms with Crippen LogP contribution in [-0.4, -0.2) is 11.6 Å². The van der Waals surface area contributed by atoms with Crippen LogP contribution in [0.1, 0.15) is 78.6 Å². The van der Waals surface area contributed by atoms with Gasteiger partial charge in [0.1, 0.15) is 5.60 Å². The minimum Gasteiger partial charge on any atom is -0.456 e. The molecule has 0 N–H and O–H groups in total. The van der Waals surface area contributed by atoms with Gasteiger partial charge in [0.25, 0.3) is 0 Å². The molecule has 0 aromatic rings. The molecule has 0 heterocycles. The van der Waals surface area contributed by atoms with Crippen molar-refractivity contribution in [2.45, 2.75) is 84.2 Å². The van der Waals surface area contributed by atoms with Crippen LogP contribution in [0.2, 0.25) is 0 Å². The number of carbonyl (C=O) groups excluding carboxylic acids is 1. The first kappa shape index (κ1) is 16.3. The molecule has 1 saturated carbocycles. The largest absolute Gasteiger partial charge is 0.456 e. The van der Waals surface area contributed by atoms with Gasteiger partial charge in [0.05, 0.1) is 0 Å². The second-order valence-corrected chi connectivity index (χ2v) is 6.55. The maximum absolute atomic E-state index is 11.9. The fourth-order valence-corrected chi connectivity index (χ4v) is 2.79. The fourth-order valence-electron chi connectivity index (χ4n) is 2.79. The molecular weight excluding hydrogens is 236 g/mol. The van der Waals surface area contributed by atoms with Crippen LogP contribution in [0.5, 0.6) is 0 Å². The quantitative estimate of drug-likeness (QED) is 0.515. The summed E-state index contributed by atoms with van der Waals surface area (Å²) in [5.74, 6) is 0.454. The summed E-state index contributed by atoms with van der Waals surface area (Å²) < 4.78 is 5.89. The van der Waals surface area contributed by atoms with Gasteiger partial charge >= 0.3 is 5.97 Å². The number of carbonyl (C=O) groups is 1. The van der Waals surface area contributed by atoms with Crippen molar-refractivity contribution >= 4 is 5.97 Å². The molecule has 19 heavy (non-hydrogen) atoms. The molecule has 0 aliphatic heterocycles. The van der Waals surface area contributed by atoms with Gasteiger partial charge in [-0.1, -0.05) is 39.7 Å². The maximum Gasteiger partial charge on any atom is 0.333 e. The molecule has 0 unspecified atom stereocenters. The summed E-state index contributed by atoms with van der Waals surface area (Å²) in [5, 5.41) is 0. The Morgan fingerprint density at radius 1 is 1.16 bits per heavy atom. The maximum atomic E-state index is 11.9. The van der Waals surface area contributed by atoms with E-state index in [1.54, 1.807) is 6.92 Å². The number of rotatable bonds is 5. The minimum absolute atomic E-state index is 0.204. The Morgan fingerprint density at radius 3 is 2.16 bits per heavy atom. The van der Waals surface area contributed by atoms with Crippen molar-refractivity contribution in [3.63, 3.8) is 0 Å². The highest BCUT2D eigenvalue weighted by atomic mass is 16.6. The van der Waals surface area contributed by atoms with Crippen LogP contribution in [0.4, 0.5) is 0 Å². The van der Waals surface area contributed by atoms with Crippen LogP contribution >= 0.6 is 0 Å². The van der Waals surface area contributed by atoms with Crippen molar-refractivity contribution in [1.82, 2.24) is 0 Å². The average Bonchev–Trinajstić information content (AvgIpc) is 2.30. The van der Waals surface area contributed by atoms with Crippen LogP contribution in [-0.2, 0) is 9.53 Å². The smallest absolute Gasteiger partial charge is 0.333 e. The van der Waals surface area contributed by atoms with Crippen LogP contribution in [0.3, 0.4) is 0 Å². The standard InChI is InChI=1S/C17H30O2/c1-14(2)10-13-17(19-16(18)15(3)4)11-8-6-5-7-9-12-17/h14H,3,5-13H2,1-2,4H3. The summed E-state index contributed by atoms with van der Waals surface area (Å²) in [6, 6.07) is 0. The fraction of sp³-hybridized carbons (Fsp3) is 0.824. The van der Waals surface area contributed by atoms with Gasteiger partial charge in [0.15, 0.2) is 0 Å². The Bertz CT molecular complexity index is 296. The predicted octanol–water partition coefficient (Wildman–Crippen LogP) is 5.03. The number of hydrogen-bond donors (Lipinski definition) is 0. The van der Waals surface area contributed by atoms with E-state index in [0.29, 0.717) is 11.5 Å². The van der Waals surface area contributed by atoms with Gasteiger partial charge in [-0.3, -0.25) is 0 Å². The van der Waals surface area contributed by atoms with E-state index in [0.717, 1.165) is 25.7 Å². The molecule has 0 atom stereocenters. The number of esters is 1. The van der Waals surface area contributed by atoms with Gasteiger partial charge in [0.2, 0.25) is 0 Å². The second kappa shape index (κ2) is 7.72. The molecule has 1 aliphatic carbocycles. The van der Waals surface area contributed by atoms with Gasteiger partial charge in [-0.15, -0.1) is 0 Å². The SMILES string of the molecule is C=C(C)C(=O)OC1(CCC(C)C)CCCCCCC1. The van der Waals surface area contributed by atoms with E-state index in [4.69, 9.17) is 4.74 Å². The Hall–Kier alpha value is -0.790. The normalized spacial score (nSPS) is 19.6. The second-order valence-electron chi connectivity index (χ2n) is 6.55. The lowest BCUT2D eigenvalue weighted by molar-refractivity contribution is -0.158. The zero-order valence-corrected chi connectivity index (χ0v) is 13.0. The molecule has 0 saturated heterocycles. The lowest BCUT2D eigenvalue weighted by Gasteiger charge is -2.36. The van der Waals surface area contributed by atoms with Crippen LogP contribution < -0.4 is 0 Å². The molecule has 0 aromatic carbocycles. The van der Waals surface area contributed by atoms with Crippen molar-refractivity contribution in [3.05, 3.63) is 12.2 Å². The molecule has 0 aromatic heterocycles. The van der Waals surface area contributed by atoms with Crippen molar-refractivity contribution in [3.8, 4) is 0 Å². The van der Waals surface area contributed by atoms with E-state index in [9.17, 15) is 4.79 Å². The highest BCUT2D eigenvalue weighted by Crippen LogP contribution is 2.35. The molecule has 1 aliphatic rings. The third-order valence-electron chi connectivity index (χ3n) is 4.10. The molecular formula is C17H30O2. The van der Waals surface area contributed by atoms with Crippen molar-refractivity contribution < 1.29 is 9.53 Å². The Kier molecular flexibility index (Phi) is 6.60. The van der Waals surface area contributed by atoms with Crippen LogP contribution in [0.25, 0.3) is 0 Å². The van der Waals surface area contributed by atoms with E-state index in [1.807, 2.05) is 0 Å². The monoisotopic (exact) mass is 266 g/mol. The summed E-state index contributed by atoms with van der Waals surface area (Å²) in [6.45, 7) is 9.92. The summed E-state index contributed by atoms with van der Waals surface area (Å²) in [5.41, 5.74) is 0.298. The van der Waals surface area contributed by atoms with Crippen molar-refractivity contribution in [2.75, 3.05) is 0 Å². The Balaban J connectivity index is 2.73. The number of hydrogen-bond acceptors (Lipinski definition) is 2. The average molecular weight is 266 g/mol. The highest BCUT2D eigenvalue weighted by Gasteiger charge is 2.34. The predicted molar refractivity (Wildman–Crippen MR) is 80.0 cm³/mol. The molecule has 0 spiro atoms. The Labute approximate surface area is 118 Å². The lowest BCUT2D eigenvalue weighted by atomic mass is 9.82. The van der Waals surface area contributed by atoms with E-state index in [2.05, 4.69) is 20.4 Å². The van der Waals surface area contributed by atoms with Gasteiger partial charge in [-0.25, -0.2) is 4.79 Å². The topological polar surface area (TPSA) is 26.3 Å². The first-order valence-electron chi connectivity index (χ1n) is 7.84. The van der Waals surface area contributed by atoms with Gasteiger partial charge < -0.3 is 4.74 Å². The van der Waals surface area contributed by atoms with E-state index in [-0.39, 0.29) is 11.6 Å². The summed E-state index contributed by atoms with van der Waals surface area (Å²) >= 11 is 0. The molecule has 0 bridgehead atoms. The van der Waals surface area contributed by atoms with Crippen molar-refractivity contribution in [1.29, 1.82) is 0 Å². The van der Waals surface area contributed by atoms with E-state index < -0.39 is 0 Å². The molecule has 2 nitrogen and oxygen atoms in total. The molecule has 110 valence electrons. The zero-order valence-electron chi connectivity index (χ0n) is 13.0. The highest BCUT2D eigenvalue weighted by molar-refractivity contribution is 5.87. The zero-order chi connectivity index (χ0) is 14.3. The van der Waals surface area contributed by atoms with E-state index >= 15 is 0 Å². The third-order valence-corrected chi connectivity index (χ3v) is 4.10. The summed E-state index contributed by atoms with van der Waals surface area (Å²) in [4.78, 5) is 11.9. The first-order valence-corrected chi connectivity index (χ1v) is 7.84. The molecule has 2 heteroatoms. The third kappa shape index (κ3) is 5.80. The van der Waals surface area contributed by atoms with Gasteiger partial charge in [-0.05, 0) is 51.4 Å². The minimum atomic E-state index is -0.222. The van der Waals surface area contributed by atoms with Crippen LogP contribution in [0, 0.1) is 5.92 Å². The summed E-state index contributed by atoms with van der Waals surface area (Å²) in [7, 11) is 0. The molecule has 0 amide bonds. The number of ether oxygens (including phenoxy) is 1. The molecule has 1 rings (SSSR count). The molecule has 0 radical (unpaired) electrons. The van der Waals surface area contributed by atoms with Gasteiger partial charge in [0, 0.05) is 5.57 Å².